The zero-order valence-corrected chi connectivity index (χ0v) is 10.4. The molecular weight excluding hydrogens is 230 g/mol. The van der Waals surface area contributed by atoms with Crippen molar-refractivity contribution in [3.63, 3.8) is 0 Å². The van der Waals surface area contributed by atoms with Gasteiger partial charge in [-0.1, -0.05) is 0 Å². The van der Waals surface area contributed by atoms with Gasteiger partial charge in [-0.2, -0.15) is 0 Å². The van der Waals surface area contributed by atoms with Gasteiger partial charge in [0.2, 0.25) is 0 Å². The maximum atomic E-state index is 10.9. The molecule has 0 amide bonds. The van der Waals surface area contributed by atoms with Crippen LogP contribution in [-0.2, 0) is 0 Å². The van der Waals surface area contributed by atoms with Crippen molar-refractivity contribution >= 4 is 24.4 Å². The number of rotatable bonds is 5. The highest BCUT2D eigenvalue weighted by molar-refractivity contribution is 5.85. The van der Waals surface area contributed by atoms with Crippen molar-refractivity contribution in [2.24, 2.45) is 0 Å². The van der Waals surface area contributed by atoms with Gasteiger partial charge in [0.25, 0.3) is 0 Å². The molecule has 4 nitrogen and oxygen atoms in total. The normalized spacial score (nSPS) is 8.94. The topological polar surface area (TPSA) is 47.6 Å². The molecule has 0 saturated carbocycles. The first-order chi connectivity index (χ1) is 7.26. The maximum Gasteiger partial charge on any atom is 0.153 e. The van der Waals surface area contributed by atoms with Gasteiger partial charge < -0.3 is 14.8 Å². The Balaban J connectivity index is 0.00000225. The molecule has 0 aliphatic rings. The second-order valence-electron chi connectivity index (χ2n) is 2.89. The van der Waals surface area contributed by atoms with Crippen molar-refractivity contribution in [2.45, 2.75) is 6.92 Å². The SMILES string of the molecule is CCOc1c(C=O)cc(OC)cc1NC.Cl. The molecule has 1 rings (SSSR count). The maximum absolute atomic E-state index is 10.9. The van der Waals surface area contributed by atoms with Crippen LogP contribution in [0.3, 0.4) is 0 Å². The second-order valence-corrected chi connectivity index (χ2v) is 2.89. The summed E-state index contributed by atoms with van der Waals surface area (Å²) >= 11 is 0. The fraction of sp³-hybridized carbons (Fsp3) is 0.364. The van der Waals surface area contributed by atoms with E-state index in [1.54, 1.807) is 26.3 Å². The molecule has 1 aromatic rings. The molecule has 5 heteroatoms. The number of hydrogen-bond acceptors (Lipinski definition) is 4. The molecule has 0 heterocycles. The zero-order chi connectivity index (χ0) is 11.3. The van der Waals surface area contributed by atoms with Crippen LogP contribution in [0.1, 0.15) is 17.3 Å². The summed E-state index contributed by atoms with van der Waals surface area (Å²) in [6.07, 6.45) is 0.758. The number of nitrogens with one attached hydrogen (secondary N) is 1. The number of halogens is 1. The summed E-state index contributed by atoms with van der Waals surface area (Å²) in [6, 6.07) is 3.44. The number of ether oxygens (including phenoxy) is 2. The summed E-state index contributed by atoms with van der Waals surface area (Å²) in [5.41, 5.74) is 1.24. The van der Waals surface area contributed by atoms with E-state index in [1.165, 1.54) is 0 Å². The van der Waals surface area contributed by atoms with Crippen molar-refractivity contribution < 1.29 is 14.3 Å². The van der Waals surface area contributed by atoms with E-state index in [4.69, 9.17) is 9.47 Å². The molecule has 0 saturated heterocycles. The quantitative estimate of drug-likeness (QED) is 0.809. The minimum absolute atomic E-state index is 0. The minimum Gasteiger partial charge on any atom is -0.497 e. The van der Waals surface area contributed by atoms with Crippen molar-refractivity contribution in [1.29, 1.82) is 0 Å². The largest absolute Gasteiger partial charge is 0.497 e. The van der Waals surface area contributed by atoms with Gasteiger partial charge in [-0.15, -0.1) is 12.4 Å². The summed E-state index contributed by atoms with van der Waals surface area (Å²) in [6.45, 7) is 2.39. The standard InChI is InChI=1S/C11H15NO3.ClH/c1-4-15-11-8(7-13)5-9(14-3)6-10(11)12-2;/h5-7,12H,4H2,1-3H3;1H. The van der Waals surface area contributed by atoms with Crippen LogP contribution in [0.2, 0.25) is 0 Å². The number of benzene rings is 1. The molecule has 0 aliphatic carbocycles. The lowest BCUT2D eigenvalue weighted by Crippen LogP contribution is -2.02. The average Bonchev–Trinajstić information content (AvgIpc) is 2.29. The molecule has 1 aromatic carbocycles. The van der Waals surface area contributed by atoms with Crippen molar-refractivity contribution in [1.82, 2.24) is 0 Å². The van der Waals surface area contributed by atoms with Gasteiger partial charge in [0.1, 0.15) is 5.75 Å². The van der Waals surface area contributed by atoms with E-state index in [2.05, 4.69) is 5.32 Å². The number of methoxy groups -OCH3 is 1. The highest BCUT2D eigenvalue weighted by Crippen LogP contribution is 2.32. The van der Waals surface area contributed by atoms with Gasteiger partial charge in [-0.05, 0) is 13.0 Å². The monoisotopic (exact) mass is 245 g/mol. The Labute approximate surface area is 101 Å². The van der Waals surface area contributed by atoms with Crippen molar-refractivity contribution in [3.8, 4) is 11.5 Å². The Bertz CT molecular complexity index is 355. The summed E-state index contributed by atoms with van der Waals surface area (Å²) in [5.74, 6) is 1.20. The van der Waals surface area contributed by atoms with Crippen LogP contribution in [0.5, 0.6) is 11.5 Å². The van der Waals surface area contributed by atoms with Crippen molar-refractivity contribution in [2.75, 3.05) is 26.1 Å². The Morgan fingerprint density at radius 3 is 2.56 bits per heavy atom. The molecule has 0 bridgehead atoms. The summed E-state index contributed by atoms with van der Waals surface area (Å²) in [7, 11) is 3.33. The molecule has 0 aliphatic heterocycles. The molecule has 1 N–H and O–H groups in total. The average molecular weight is 246 g/mol. The van der Waals surface area contributed by atoms with Gasteiger partial charge in [0.15, 0.2) is 12.0 Å². The molecule has 16 heavy (non-hydrogen) atoms. The Morgan fingerprint density at radius 1 is 1.44 bits per heavy atom. The van der Waals surface area contributed by atoms with E-state index < -0.39 is 0 Å². The third kappa shape index (κ3) is 3.03. The van der Waals surface area contributed by atoms with Crippen LogP contribution in [0.4, 0.5) is 5.69 Å². The summed E-state index contributed by atoms with van der Waals surface area (Å²) < 4.78 is 10.5. The molecule has 0 unspecified atom stereocenters. The van der Waals surface area contributed by atoms with E-state index >= 15 is 0 Å². The molecule has 0 aromatic heterocycles. The van der Waals surface area contributed by atoms with Gasteiger partial charge in [0, 0.05) is 13.1 Å². The lowest BCUT2D eigenvalue weighted by molar-refractivity contribution is 0.111. The third-order valence-corrected chi connectivity index (χ3v) is 2.01. The first-order valence-electron chi connectivity index (χ1n) is 4.74. The fourth-order valence-corrected chi connectivity index (χ4v) is 1.32. The zero-order valence-electron chi connectivity index (χ0n) is 9.57. The number of anilines is 1. The first-order valence-corrected chi connectivity index (χ1v) is 4.74. The second kappa shape index (κ2) is 6.95. The van der Waals surface area contributed by atoms with Crippen LogP contribution >= 0.6 is 12.4 Å². The Kier molecular flexibility index (Phi) is 6.34. The lowest BCUT2D eigenvalue weighted by atomic mass is 10.1. The highest BCUT2D eigenvalue weighted by Gasteiger charge is 2.10. The smallest absolute Gasteiger partial charge is 0.153 e. The van der Waals surface area contributed by atoms with Crippen LogP contribution < -0.4 is 14.8 Å². The van der Waals surface area contributed by atoms with Crippen LogP contribution in [0.15, 0.2) is 12.1 Å². The third-order valence-electron chi connectivity index (χ3n) is 2.01. The van der Waals surface area contributed by atoms with Gasteiger partial charge in [-0.25, -0.2) is 0 Å². The van der Waals surface area contributed by atoms with Crippen LogP contribution in [-0.4, -0.2) is 27.1 Å². The van der Waals surface area contributed by atoms with Crippen molar-refractivity contribution in [3.05, 3.63) is 17.7 Å². The van der Waals surface area contributed by atoms with Crippen LogP contribution in [0.25, 0.3) is 0 Å². The number of aldehydes is 1. The lowest BCUT2D eigenvalue weighted by Gasteiger charge is -2.13. The van der Waals surface area contributed by atoms with Gasteiger partial charge in [0.05, 0.1) is 25.0 Å². The molecule has 0 radical (unpaired) electrons. The van der Waals surface area contributed by atoms with Gasteiger partial charge in [-0.3, -0.25) is 4.79 Å². The Hall–Kier alpha value is -1.42. The molecule has 0 spiro atoms. The fourth-order valence-electron chi connectivity index (χ4n) is 1.32. The number of hydrogen-bond donors (Lipinski definition) is 1. The van der Waals surface area contributed by atoms with E-state index in [0.29, 0.717) is 23.7 Å². The van der Waals surface area contributed by atoms with Gasteiger partial charge >= 0.3 is 0 Å². The summed E-state index contributed by atoms with van der Waals surface area (Å²) in [5, 5.41) is 2.97. The van der Waals surface area contributed by atoms with E-state index in [1.807, 2.05) is 6.92 Å². The highest BCUT2D eigenvalue weighted by atomic mass is 35.5. The molecular formula is C11H16ClNO3. The Morgan fingerprint density at radius 2 is 2.12 bits per heavy atom. The van der Waals surface area contributed by atoms with E-state index in [0.717, 1.165) is 12.0 Å². The predicted molar refractivity (Wildman–Crippen MR) is 66.3 cm³/mol. The van der Waals surface area contributed by atoms with E-state index in [9.17, 15) is 4.79 Å². The number of carbonyl (C=O) groups excluding carboxylic acids is 1. The van der Waals surface area contributed by atoms with E-state index in [-0.39, 0.29) is 12.4 Å². The number of carbonyl (C=O) groups is 1. The minimum atomic E-state index is 0. The molecule has 0 atom stereocenters. The predicted octanol–water partition coefficient (Wildman–Crippen LogP) is 2.37. The molecule has 0 fully saturated rings. The van der Waals surface area contributed by atoms with Crippen LogP contribution in [0, 0.1) is 0 Å². The first kappa shape index (κ1) is 14.6. The summed E-state index contributed by atoms with van der Waals surface area (Å²) in [4.78, 5) is 10.9. The molecule has 90 valence electrons.